The van der Waals surface area contributed by atoms with Crippen molar-refractivity contribution in [2.75, 3.05) is 17.6 Å². The molecule has 0 aromatic heterocycles. The summed E-state index contributed by atoms with van der Waals surface area (Å²) < 4.78 is 8.81. The van der Waals surface area contributed by atoms with Crippen LogP contribution >= 0.6 is 11.9 Å². The Bertz CT molecular complexity index is 596. The number of Topliss-reactive ketones (excluding diaryl/α,β-unsaturated/α-hetero) is 1. The number of carbonyl (C=O) groups is 2. The molecule has 1 aromatic carbocycles. The van der Waals surface area contributed by atoms with Gasteiger partial charge < -0.3 is 9.46 Å². The van der Waals surface area contributed by atoms with Crippen LogP contribution in [0.5, 0.6) is 0 Å². The maximum Gasteiger partial charge on any atom is 0.235 e. The second kappa shape index (κ2) is 8.03. The third kappa shape index (κ3) is 3.71. The van der Waals surface area contributed by atoms with Gasteiger partial charge in [-0.1, -0.05) is 50.3 Å². The van der Waals surface area contributed by atoms with Crippen molar-refractivity contribution in [1.82, 2.24) is 0 Å². The molecule has 0 saturated carbocycles. The van der Waals surface area contributed by atoms with Crippen LogP contribution < -0.4 is 4.72 Å². The predicted octanol–water partition coefficient (Wildman–Crippen LogP) is 4.08. The van der Waals surface area contributed by atoms with Gasteiger partial charge in [-0.25, -0.2) is 0 Å². The van der Waals surface area contributed by atoms with Crippen molar-refractivity contribution in [3.05, 3.63) is 35.4 Å². The number of allylic oxidation sites excluding steroid dienone is 1. The summed E-state index contributed by atoms with van der Waals surface area (Å²) in [5.41, 5.74) is 1.76. The van der Waals surface area contributed by atoms with Gasteiger partial charge in [-0.05, 0) is 12.5 Å². The summed E-state index contributed by atoms with van der Waals surface area (Å²) in [7, 11) is 0. The molecule has 1 aromatic rings. The molecule has 2 rings (SSSR count). The van der Waals surface area contributed by atoms with Crippen molar-refractivity contribution in [3.63, 3.8) is 0 Å². The normalized spacial score (nSPS) is 13.6. The van der Waals surface area contributed by atoms with Crippen LogP contribution in [0.15, 0.2) is 24.3 Å². The smallest absolute Gasteiger partial charge is 0.235 e. The van der Waals surface area contributed by atoms with E-state index in [0.29, 0.717) is 29.2 Å². The molecule has 0 amide bonds. The number of carbonyl (C=O) groups excluding carboxylic acids is 2. The van der Waals surface area contributed by atoms with Crippen LogP contribution in [0.1, 0.15) is 48.5 Å². The van der Waals surface area contributed by atoms with Gasteiger partial charge in [-0.2, -0.15) is 0 Å². The zero-order valence-corrected chi connectivity index (χ0v) is 13.8. The van der Waals surface area contributed by atoms with E-state index in [1.54, 1.807) is 6.07 Å². The fourth-order valence-electron chi connectivity index (χ4n) is 2.41. The van der Waals surface area contributed by atoms with Crippen molar-refractivity contribution >= 4 is 35.0 Å². The Morgan fingerprint density at radius 3 is 2.73 bits per heavy atom. The van der Waals surface area contributed by atoms with Gasteiger partial charge in [-0.15, -0.1) is 0 Å². The van der Waals surface area contributed by atoms with Crippen molar-refractivity contribution in [2.45, 2.75) is 32.6 Å². The van der Waals surface area contributed by atoms with Gasteiger partial charge in [0.05, 0.1) is 17.9 Å². The first-order chi connectivity index (χ1) is 10.7. The largest absolute Gasteiger partial charge is 0.493 e. The summed E-state index contributed by atoms with van der Waals surface area (Å²) in [5.74, 6) is -0.502. The molecule has 0 bridgehead atoms. The molecule has 0 fully saturated rings. The highest BCUT2D eigenvalue weighted by molar-refractivity contribution is 7.99. The SMILES string of the molecule is CCCCCCOC1=CC(=O)C(=O)c2c(NSC)cccc21. The molecule has 22 heavy (non-hydrogen) atoms. The molecule has 0 spiro atoms. The number of fused-ring (bicyclic) bond motifs is 1. The van der Waals surface area contributed by atoms with Gasteiger partial charge in [0.1, 0.15) is 5.76 Å². The number of rotatable bonds is 8. The summed E-state index contributed by atoms with van der Waals surface area (Å²) in [6, 6.07) is 5.47. The molecule has 1 aliphatic carbocycles. The Balaban J connectivity index is 2.19. The number of hydrogen-bond donors (Lipinski definition) is 1. The average Bonchev–Trinajstić information content (AvgIpc) is 2.52. The van der Waals surface area contributed by atoms with Crippen molar-refractivity contribution in [3.8, 4) is 0 Å². The number of ketones is 2. The van der Waals surface area contributed by atoms with Crippen LogP contribution in [0.25, 0.3) is 5.76 Å². The van der Waals surface area contributed by atoms with E-state index < -0.39 is 11.6 Å². The second-order valence-electron chi connectivity index (χ2n) is 5.15. The number of nitrogens with one attached hydrogen (secondary N) is 1. The monoisotopic (exact) mass is 319 g/mol. The van der Waals surface area contributed by atoms with E-state index in [-0.39, 0.29) is 0 Å². The lowest BCUT2D eigenvalue weighted by Crippen LogP contribution is -2.21. The Morgan fingerprint density at radius 1 is 1.18 bits per heavy atom. The third-order valence-electron chi connectivity index (χ3n) is 3.51. The highest BCUT2D eigenvalue weighted by atomic mass is 32.2. The van der Waals surface area contributed by atoms with Gasteiger partial charge in [-0.3, -0.25) is 9.59 Å². The number of anilines is 1. The van der Waals surface area contributed by atoms with Crippen LogP contribution in [0, 0.1) is 0 Å². The molecule has 4 nitrogen and oxygen atoms in total. The van der Waals surface area contributed by atoms with Crippen molar-refractivity contribution in [2.24, 2.45) is 0 Å². The Hall–Kier alpha value is -1.75. The first-order valence-corrected chi connectivity index (χ1v) is 8.77. The number of benzene rings is 1. The van der Waals surface area contributed by atoms with Crippen LogP contribution in [0.2, 0.25) is 0 Å². The molecule has 0 aliphatic heterocycles. The Kier molecular flexibility index (Phi) is 6.07. The minimum absolute atomic E-state index is 0.410. The van der Waals surface area contributed by atoms with Crippen LogP contribution in [0.4, 0.5) is 5.69 Å². The summed E-state index contributed by atoms with van der Waals surface area (Å²) in [5, 5.41) is 0. The standard InChI is InChI=1S/C17H21NO3S/c1-3-4-5-6-10-21-15-11-14(19)17(20)16-12(15)8-7-9-13(16)18-22-2/h7-9,11,18H,3-6,10H2,1-2H3. The van der Waals surface area contributed by atoms with E-state index >= 15 is 0 Å². The molecule has 1 N–H and O–H groups in total. The molecule has 0 radical (unpaired) electrons. The summed E-state index contributed by atoms with van der Waals surface area (Å²) >= 11 is 1.39. The second-order valence-corrected chi connectivity index (χ2v) is 5.76. The number of unbranched alkanes of at least 4 members (excludes halogenated alkanes) is 3. The maximum atomic E-state index is 12.2. The minimum atomic E-state index is -0.522. The molecule has 118 valence electrons. The molecule has 0 atom stereocenters. The lowest BCUT2D eigenvalue weighted by molar-refractivity contribution is -0.111. The molecule has 1 aliphatic rings. The molecular formula is C17H21NO3S. The molecule has 0 saturated heterocycles. The maximum absolute atomic E-state index is 12.2. The van der Waals surface area contributed by atoms with Crippen LogP contribution in [-0.2, 0) is 9.53 Å². The average molecular weight is 319 g/mol. The predicted molar refractivity (Wildman–Crippen MR) is 91.0 cm³/mol. The minimum Gasteiger partial charge on any atom is -0.493 e. The number of ether oxygens (including phenoxy) is 1. The van der Waals surface area contributed by atoms with Crippen molar-refractivity contribution < 1.29 is 14.3 Å². The topological polar surface area (TPSA) is 55.4 Å². The van der Waals surface area contributed by atoms with E-state index in [2.05, 4.69) is 11.6 Å². The quantitative estimate of drug-likeness (QED) is 0.444. The van der Waals surface area contributed by atoms with E-state index in [1.807, 2.05) is 18.4 Å². The van der Waals surface area contributed by atoms with Crippen LogP contribution in [0.3, 0.4) is 0 Å². The van der Waals surface area contributed by atoms with Gasteiger partial charge in [0, 0.05) is 17.9 Å². The van der Waals surface area contributed by atoms with E-state index in [9.17, 15) is 9.59 Å². The van der Waals surface area contributed by atoms with Gasteiger partial charge in [0.25, 0.3) is 0 Å². The summed E-state index contributed by atoms with van der Waals surface area (Å²) in [4.78, 5) is 24.1. The van der Waals surface area contributed by atoms with E-state index in [4.69, 9.17) is 4.74 Å². The molecule has 5 heteroatoms. The lowest BCUT2D eigenvalue weighted by Gasteiger charge is -2.19. The highest BCUT2D eigenvalue weighted by Gasteiger charge is 2.29. The summed E-state index contributed by atoms with van der Waals surface area (Å²) in [6.45, 7) is 2.72. The third-order valence-corrected chi connectivity index (χ3v) is 3.93. The van der Waals surface area contributed by atoms with Gasteiger partial charge in [0.15, 0.2) is 0 Å². The van der Waals surface area contributed by atoms with Gasteiger partial charge in [0.2, 0.25) is 11.6 Å². The summed E-state index contributed by atoms with van der Waals surface area (Å²) in [6.07, 6.45) is 7.59. The fraction of sp³-hybridized carbons (Fsp3) is 0.412. The number of hydrogen-bond acceptors (Lipinski definition) is 5. The molecule has 0 heterocycles. The Labute approximate surface area is 135 Å². The first kappa shape index (κ1) is 16.6. The van der Waals surface area contributed by atoms with Crippen LogP contribution in [-0.4, -0.2) is 24.4 Å². The zero-order chi connectivity index (χ0) is 15.9. The first-order valence-electron chi connectivity index (χ1n) is 7.54. The lowest BCUT2D eigenvalue weighted by atomic mass is 9.92. The van der Waals surface area contributed by atoms with Crippen molar-refractivity contribution in [1.29, 1.82) is 0 Å². The van der Waals surface area contributed by atoms with E-state index in [1.165, 1.54) is 30.9 Å². The zero-order valence-electron chi connectivity index (χ0n) is 13.0. The highest BCUT2D eigenvalue weighted by Crippen LogP contribution is 2.32. The Morgan fingerprint density at radius 2 is 2.00 bits per heavy atom. The molecular weight excluding hydrogens is 298 g/mol. The fourth-order valence-corrected chi connectivity index (χ4v) is 2.80. The van der Waals surface area contributed by atoms with E-state index in [0.717, 1.165) is 12.8 Å². The van der Waals surface area contributed by atoms with Gasteiger partial charge >= 0.3 is 0 Å². The molecule has 0 unspecified atom stereocenters.